The van der Waals surface area contributed by atoms with E-state index in [-0.39, 0.29) is 17.9 Å². The third-order valence-corrected chi connectivity index (χ3v) is 4.42. The number of para-hydroxylation sites is 2. The molecule has 24 heavy (non-hydrogen) atoms. The molecular formula is C17H24N3O4+. The molecule has 0 saturated carbocycles. The van der Waals surface area contributed by atoms with E-state index in [1.165, 1.54) is 4.90 Å². The fourth-order valence-corrected chi connectivity index (χ4v) is 3.00. The van der Waals surface area contributed by atoms with Crippen LogP contribution in [0.5, 0.6) is 11.5 Å². The van der Waals surface area contributed by atoms with E-state index in [1.54, 1.807) is 6.92 Å². The molecule has 7 nitrogen and oxygen atoms in total. The molecule has 2 aliphatic heterocycles. The van der Waals surface area contributed by atoms with E-state index in [9.17, 15) is 9.59 Å². The highest BCUT2D eigenvalue weighted by molar-refractivity contribution is 5.77. The van der Waals surface area contributed by atoms with Crippen LogP contribution in [0.4, 0.5) is 0 Å². The molecule has 2 aliphatic rings. The van der Waals surface area contributed by atoms with Gasteiger partial charge in [0.2, 0.25) is 5.91 Å². The van der Waals surface area contributed by atoms with Gasteiger partial charge >= 0.3 is 0 Å². The molecule has 2 N–H and O–H groups in total. The van der Waals surface area contributed by atoms with E-state index in [0.717, 1.165) is 18.8 Å². The molecule has 0 unspecified atom stereocenters. The molecule has 1 fully saturated rings. The van der Waals surface area contributed by atoms with Gasteiger partial charge in [0, 0.05) is 6.92 Å². The molecule has 0 bridgehead atoms. The van der Waals surface area contributed by atoms with Crippen molar-refractivity contribution in [2.24, 2.45) is 0 Å². The fraction of sp³-hybridized carbons (Fsp3) is 0.529. The summed E-state index contributed by atoms with van der Waals surface area (Å²) < 4.78 is 11.5. The molecule has 0 radical (unpaired) electrons. The monoisotopic (exact) mass is 334 g/mol. The normalized spacial score (nSPS) is 20.5. The van der Waals surface area contributed by atoms with Crippen molar-refractivity contribution in [3.05, 3.63) is 24.3 Å². The number of carbonyl (C=O) groups is 2. The maximum atomic E-state index is 12.1. The van der Waals surface area contributed by atoms with Crippen LogP contribution in [0, 0.1) is 0 Å². The minimum Gasteiger partial charge on any atom is -0.486 e. The van der Waals surface area contributed by atoms with Gasteiger partial charge in [0.1, 0.15) is 12.7 Å². The van der Waals surface area contributed by atoms with Crippen molar-refractivity contribution in [3.8, 4) is 11.5 Å². The number of amides is 2. The van der Waals surface area contributed by atoms with Gasteiger partial charge in [-0.3, -0.25) is 9.59 Å². The smallest absolute Gasteiger partial charge is 0.275 e. The van der Waals surface area contributed by atoms with Crippen molar-refractivity contribution in [3.63, 3.8) is 0 Å². The molecule has 1 saturated heterocycles. The van der Waals surface area contributed by atoms with Gasteiger partial charge in [0.05, 0.1) is 32.7 Å². The Bertz CT molecular complexity index is 599. The summed E-state index contributed by atoms with van der Waals surface area (Å²) in [7, 11) is 0. The van der Waals surface area contributed by atoms with Crippen LogP contribution in [0.25, 0.3) is 0 Å². The second-order valence-corrected chi connectivity index (χ2v) is 6.23. The topological polar surface area (TPSA) is 72.3 Å². The van der Waals surface area contributed by atoms with Gasteiger partial charge < -0.3 is 24.6 Å². The fourth-order valence-electron chi connectivity index (χ4n) is 3.00. The Labute approximate surface area is 141 Å². The van der Waals surface area contributed by atoms with E-state index in [4.69, 9.17) is 9.47 Å². The molecule has 130 valence electrons. The van der Waals surface area contributed by atoms with Crippen molar-refractivity contribution in [1.29, 1.82) is 0 Å². The van der Waals surface area contributed by atoms with Crippen molar-refractivity contribution in [2.45, 2.75) is 13.0 Å². The summed E-state index contributed by atoms with van der Waals surface area (Å²) in [6.45, 7) is 5.93. The van der Waals surface area contributed by atoms with Crippen LogP contribution in [-0.4, -0.2) is 68.7 Å². The summed E-state index contributed by atoms with van der Waals surface area (Å²) >= 11 is 0. The molecule has 1 atom stereocenters. The van der Waals surface area contributed by atoms with Gasteiger partial charge in [-0.1, -0.05) is 12.1 Å². The maximum absolute atomic E-state index is 12.1. The zero-order valence-corrected chi connectivity index (χ0v) is 13.9. The highest BCUT2D eigenvalue weighted by Crippen LogP contribution is 2.30. The van der Waals surface area contributed by atoms with Crippen molar-refractivity contribution >= 4 is 11.8 Å². The number of ether oxygens (including phenoxy) is 2. The van der Waals surface area contributed by atoms with Crippen LogP contribution < -0.4 is 19.7 Å². The lowest BCUT2D eigenvalue weighted by atomic mass is 10.2. The van der Waals surface area contributed by atoms with Crippen LogP contribution in [0.1, 0.15) is 6.92 Å². The Morgan fingerprint density at radius 2 is 1.96 bits per heavy atom. The lowest BCUT2D eigenvalue weighted by Crippen LogP contribution is -3.15. The molecule has 0 aliphatic carbocycles. The zero-order chi connectivity index (χ0) is 16.9. The Morgan fingerprint density at radius 3 is 2.67 bits per heavy atom. The van der Waals surface area contributed by atoms with Gasteiger partial charge in [-0.25, -0.2) is 0 Å². The van der Waals surface area contributed by atoms with Crippen molar-refractivity contribution in [1.82, 2.24) is 10.2 Å². The number of fused-ring (bicyclic) bond motifs is 1. The number of quaternary nitrogens is 1. The van der Waals surface area contributed by atoms with E-state index in [0.29, 0.717) is 38.5 Å². The average molecular weight is 334 g/mol. The minimum absolute atomic E-state index is 0.00346. The first kappa shape index (κ1) is 16.6. The van der Waals surface area contributed by atoms with Crippen molar-refractivity contribution in [2.75, 3.05) is 45.9 Å². The van der Waals surface area contributed by atoms with Crippen LogP contribution >= 0.6 is 0 Å². The Kier molecular flexibility index (Phi) is 5.20. The second-order valence-electron chi connectivity index (χ2n) is 6.23. The van der Waals surface area contributed by atoms with E-state index in [2.05, 4.69) is 5.32 Å². The Balaban J connectivity index is 1.38. The van der Waals surface area contributed by atoms with Gasteiger partial charge in [-0.2, -0.15) is 0 Å². The molecule has 2 heterocycles. The van der Waals surface area contributed by atoms with Gasteiger partial charge in [0.15, 0.2) is 18.0 Å². The highest BCUT2D eigenvalue weighted by atomic mass is 16.6. The molecular weight excluding hydrogens is 310 g/mol. The number of hydrogen-bond acceptors (Lipinski definition) is 4. The number of nitrogens with zero attached hydrogens (tertiary/aromatic N) is 1. The number of benzene rings is 1. The zero-order valence-electron chi connectivity index (χ0n) is 13.9. The Morgan fingerprint density at radius 1 is 1.25 bits per heavy atom. The quantitative estimate of drug-likeness (QED) is 0.717. The number of carbonyl (C=O) groups excluding carboxylic acids is 2. The molecule has 1 aromatic rings. The number of hydrogen-bond donors (Lipinski definition) is 2. The standard InChI is InChI=1S/C17H23N3O4/c1-13(21)20-8-6-19(7-9-20)11-17(22)18-10-14-12-23-15-4-2-3-5-16(15)24-14/h2-5,14H,6-12H2,1H3,(H,18,22)/p+1/t14-/m1/s1. The number of rotatable bonds is 4. The summed E-state index contributed by atoms with van der Waals surface area (Å²) in [4.78, 5) is 26.4. The largest absolute Gasteiger partial charge is 0.486 e. The third-order valence-electron chi connectivity index (χ3n) is 4.42. The van der Waals surface area contributed by atoms with Crippen LogP contribution in [-0.2, 0) is 9.59 Å². The first-order chi connectivity index (χ1) is 11.6. The summed E-state index contributed by atoms with van der Waals surface area (Å²) in [6.07, 6.45) is -0.173. The van der Waals surface area contributed by atoms with E-state index in [1.807, 2.05) is 29.2 Å². The summed E-state index contributed by atoms with van der Waals surface area (Å²) in [5, 5.41) is 2.92. The highest BCUT2D eigenvalue weighted by Gasteiger charge is 2.25. The molecule has 0 spiro atoms. The second kappa shape index (κ2) is 7.53. The minimum atomic E-state index is -0.173. The first-order valence-electron chi connectivity index (χ1n) is 8.36. The summed E-state index contributed by atoms with van der Waals surface area (Å²) in [5.41, 5.74) is 0. The predicted octanol–water partition coefficient (Wildman–Crippen LogP) is -1.31. The number of nitrogens with one attached hydrogen (secondary N) is 2. The molecule has 0 aromatic heterocycles. The van der Waals surface area contributed by atoms with E-state index < -0.39 is 0 Å². The lowest BCUT2D eigenvalue weighted by Gasteiger charge is -2.31. The molecule has 1 aromatic carbocycles. The SMILES string of the molecule is CC(=O)N1CC[NH+](CC(=O)NC[C@@H]2COc3ccccc3O2)CC1. The average Bonchev–Trinajstić information content (AvgIpc) is 2.60. The first-order valence-corrected chi connectivity index (χ1v) is 8.36. The van der Waals surface area contributed by atoms with E-state index >= 15 is 0 Å². The van der Waals surface area contributed by atoms with Crippen molar-refractivity contribution < 1.29 is 24.0 Å². The number of piperazine rings is 1. The lowest BCUT2D eigenvalue weighted by molar-refractivity contribution is -0.896. The van der Waals surface area contributed by atoms with Crippen LogP contribution in [0.15, 0.2) is 24.3 Å². The summed E-state index contributed by atoms with van der Waals surface area (Å²) in [6, 6.07) is 7.53. The summed E-state index contributed by atoms with van der Waals surface area (Å²) in [5.74, 6) is 1.57. The third kappa shape index (κ3) is 4.17. The maximum Gasteiger partial charge on any atom is 0.275 e. The van der Waals surface area contributed by atoms with Crippen LogP contribution in [0.3, 0.4) is 0 Å². The van der Waals surface area contributed by atoms with Gasteiger partial charge in [-0.05, 0) is 12.1 Å². The van der Waals surface area contributed by atoms with Crippen LogP contribution in [0.2, 0.25) is 0 Å². The molecule has 2 amide bonds. The Hall–Kier alpha value is -2.28. The van der Waals surface area contributed by atoms with Gasteiger partial charge in [0.25, 0.3) is 5.91 Å². The molecule has 7 heteroatoms. The predicted molar refractivity (Wildman–Crippen MR) is 87.2 cm³/mol. The van der Waals surface area contributed by atoms with Gasteiger partial charge in [-0.15, -0.1) is 0 Å². The molecule has 3 rings (SSSR count).